The van der Waals surface area contributed by atoms with Crippen molar-refractivity contribution in [3.63, 3.8) is 0 Å². The van der Waals surface area contributed by atoms with E-state index in [0.29, 0.717) is 21.5 Å². The third kappa shape index (κ3) is 14.0. The second kappa shape index (κ2) is 27.4. The summed E-state index contributed by atoms with van der Waals surface area (Å²) >= 11 is 0. The van der Waals surface area contributed by atoms with Gasteiger partial charge in [0.2, 0.25) is 0 Å². The number of rotatable bonds is 15. The maximum Gasteiger partial charge on any atom is 1.00 e. The van der Waals surface area contributed by atoms with E-state index in [-0.39, 0.29) is 99.3 Å². The Hall–Kier alpha value is -4.70. The van der Waals surface area contributed by atoms with E-state index >= 15 is 0 Å². The monoisotopic (exact) mass is 1100 g/mol. The van der Waals surface area contributed by atoms with Gasteiger partial charge in [-0.05, 0) is 47.6 Å². The normalized spacial score (nSPS) is 29.6. The number of aliphatic hydroxyl groups is 8. The summed E-state index contributed by atoms with van der Waals surface area (Å²) in [7, 11) is 1.44. The van der Waals surface area contributed by atoms with Crippen LogP contribution in [0.2, 0.25) is 0 Å². The van der Waals surface area contributed by atoms with Crippen LogP contribution in [-0.4, -0.2) is 188 Å². The van der Waals surface area contributed by atoms with Crippen LogP contribution in [0.5, 0.6) is 11.5 Å². The van der Waals surface area contributed by atoms with Crippen LogP contribution in [0.4, 0.5) is 0 Å². The number of nitrogens with one attached hydrogen (secondary N) is 3. The fourth-order valence-electron chi connectivity index (χ4n) is 9.38. The predicted octanol–water partition coefficient (Wildman–Crippen LogP) is -12.0. The summed E-state index contributed by atoms with van der Waals surface area (Å²) in [5, 5.41) is 123. The van der Waals surface area contributed by atoms with Gasteiger partial charge in [0.15, 0.2) is 24.5 Å². The van der Waals surface area contributed by atoms with Crippen molar-refractivity contribution in [2.24, 2.45) is 22.2 Å². The number of esters is 2. The SMILES string of the molecule is CC(=O)Oc1c(C(=O)[O-])cc2ccccc2c1Cc1c(OC(C)=O)c(C(=O)[O-])cc2ccccc12.CN[C@@H]1[C@H](O[C@H]2[C@H](O[C@H]3[C@H](O)[C@@H](O)[C@H](N=C(N)N)[C@@H](O)[C@@H]3NC(=N)N)O[C@@H](C)[C@]2(O)CO)O[C@@H](CO)[C@H](O)[C@H]1O.[Na+].[Na+]. The number of aliphatic hydroxyl groups excluding tert-OH is 7. The maximum absolute atomic E-state index is 12.0. The quantitative estimate of drug-likeness (QED) is 0.0173. The van der Waals surface area contributed by atoms with Gasteiger partial charge in [0.25, 0.3) is 0 Å². The first-order valence-electron chi connectivity index (χ1n) is 23.1. The van der Waals surface area contributed by atoms with E-state index in [2.05, 4.69) is 15.6 Å². The van der Waals surface area contributed by atoms with Gasteiger partial charge < -0.3 is 117 Å². The molecule has 4 aromatic rings. The largest absolute Gasteiger partial charge is 1.00 e. The molecule has 408 valence electrons. The van der Waals surface area contributed by atoms with Crippen molar-refractivity contribution >= 4 is 57.3 Å². The molecule has 0 amide bonds. The number of ether oxygens (including phenoxy) is 6. The molecule has 7 rings (SSSR count). The van der Waals surface area contributed by atoms with Gasteiger partial charge in [0, 0.05) is 42.5 Å². The van der Waals surface area contributed by atoms with Gasteiger partial charge in [-0.3, -0.25) is 15.0 Å². The van der Waals surface area contributed by atoms with E-state index in [1.807, 2.05) is 0 Å². The fourth-order valence-corrected chi connectivity index (χ4v) is 9.38. The number of nitrogens with zero attached hydrogens (tertiary/aromatic N) is 1. The van der Waals surface area contributed by atoms with E-state index in [4.69, 9.17) is 51.0 Å². The first-order valence-corrected chi connectivity index (χ1v) is 23.1. The average molecular weight is 1100 g/mol. The molecule has 77 heavy (non-hydrogen) atoms. The number of aliphatic imine (C=N–C) groups is 1. The maximum atomic E-state index is 12.0. The number of benzene rings is 4. The van der Waals surface area contributed by atoms with Gasteiger partial charge in [0.05, 0.1) is 43.3 Å². The van der Waals surface area contributed by atoms with Crippen molar-refractivity contribution in [1.82, 2.24) is 10.6 Å². The van der Waals surface area contributed by atoms with Gasteiger partial charge in [0.1, 0.15) is 72.0 Å². The van der Waals surface area contributed by atoms with Crippen molar-refractivity contribution in [1.29, 1.82) is 5.41 Å². The molecule has 3 fully saturated rings. The van der Waals surface area contributed by atoms with Gasteiger partial charge in [-0.2, -0.15) is 0 Å². The standard InChI is InChI=1S/C27H20O8.C21H41N7O12.2Na/c1-14(28)34-24-20(18-9-5-3-7-16(18)11-22(24)26(30)31)13-21-19-10-6-4-8-17(19)12-23(27(32)33)25(21)35-15(2)29;1-5-21(36,4-30)16(40-17-9(26-2)13(34)10(31)6(3-29)38-17)18(37-5)39-15-8(28-20(24)25)11(32)7(27-19(22)23)12(33)14(15)35;;/h3-12H,13H2,1-2H3,(H,30,31)(H,32,33);5-18,26,29-36H,3-4H2,1-2H3,(H4,22,23,27)(H4,24,25,28);;/q;;2*+1/p-2/t;5-,6-,7+,8-,9-,10-,11+,12-,13-,14+,15+,16-,17-,18-,21+;;/m.0../s1. The molecule has 1 aliphatic carbocycles. The summed E-state index contributed by atoms with van der Waals surface area (Å²) in [6.07, 6.45) is -17.0. The molecule has 0 radical (unpaired) electrons. The Labute approximate surface area is 483 Å². The Balaban J connectivity index is 0.000000326. The number of hydrogen-bond acceptors (Lipinski definition) is 23. The summed E-state index contributed by atoms with van der Waals surface area (Å²) in [5.74, 6) is -6.20. The molecule has 27 nitrogen and oxygen atoms in total. The predicted molar refractivity (Wildman–Crippen MR) is 255 cm³/mol. The Bertz CT molecular complexity index is 2700. The van der Waals surface area contributed by atoms with E-state index in [9.17, 15) is 70.2 Å². The molecule has 4 aromatic carbocycles. The summed E-state index contributed by atoms with van der Waals surface area (Å²) in [5.41, 5.74) is 14.0. The molecule has 17 N–H and O–H groups in total. The average Bonchev–Trinajstić information content (AvgIpc) is 3.59. The summed E-state index contributed by atoms with van der Waals surface area (Å²) in [6.45, 7) is 2.06. The third-order valence-electron chi connectivity index (χ3n) is 13.0. The molecule has 0 unspecified atom stereocenters. The number of likely N-dealkylation sites (N-methyl/N-ethyl adjacent to an activating group) is 1. The summed E-state index contributed by atoms with van der Waals surface area (Å²) in [4.78, 5) is 51.5. The van der Waals surface area contributed by atoms with Crippen LogP contribution in [0.1, 0.15) is 52.6 Å². The minimum Gasteiger partial charge on any atom is -0.545 e. The zero-order chi connectivity index (χ0) is 55.4. The second-order valence-corrected chi connectivity index (χ2v) is 17.9. The minimum absolute atomic E-state index is 0. The summed E-state index contributed by atoms with van der Waals surface area (Å²) < 4.78 is 33.8. The molecule has 3 aliphatic rings. The zero-order valence-electron chi connectivity index (χ0n) is 42.6. The number of carboxylic acid groups (broad SMARTS) is 2. The topological polar surface area (TPSA) is 470 Å². The summed E-state index contributed by atoms with van der Waals surface area (Å²) in [6, 6.07) is 12.4. The van der Waals surface area contributed by atoms with Crippen molar-refractivity contribution < 1.29 is 158 Å². The van der Waals surface area contributed by atoms with Crippen LogP contribution < -0.4 is 107 Å². The molecule has 2 saturated heterocycles. The first-order chi connectivity index (χ1) is 35.4. The van der Waals surface area contributed by atoms with Crippen LogP contribution in [0, 0.1) is 5.41 Å². The number of carboxylic acids is 2. The number of fused-ring (bicyclic) bond motifs is 2. The van der Waals surface area contributed by atoms with E-state index in [0.717, 1.165) is 13.8 Å². The molecule has 0 aromatic heterocycles. The zero-order valence-corrected chi connectivity index (χ0v) is 46.6. The number of carbonyl (C=O) groups is 4. The number of aromatic carboxylic acids is 2. The molecule has 2 aliphatic heterocycles. The molecule has 2 heterocycles. The van der Waals surface area contributed by atoms with Gasteiger partial charge >= 0.3 is 71.1 Å². The van der Waals surface area contributed by atoms with Crippen molar-refractivity contribution in [3.8, 4) is 11.5 Å². The minimum atomic E-state index is -2.15. The van der Waals surface area contributed by atoms with Gasteiger partial charge in [-0.1, -0.05) is 48.5 Å². The number of guanidine groups is 2. The number of hydrogen-bond donors (Lipinski definition) is 14. The van der Waals surface area contributed by atoms with Crippen LogP contribution in [-0.2, 0) is 35.0 Å². The van der Waals surface area contributed by atoms with Gasteiger partial charge in [-0.25, -0.2) is 4.99 Å². The molecule has 15 atom stereocenters. The van der Waals surface area contributed by atoms with Crippen molar-refractivity contribution in [3.05, 3.63) is 82.9 Å². The molecule has 0 spiro atoms. The van der Waals surface area contributed by atoms with Crippen LogP contribution in [0.15, 0.2) is 65.7 Å². The Kier molecular flexibility index (Phi) is 23.1. The molecule has 29 heteroatoms. The fraction of sp³-hybridized carbons (Fsp3) is 0.458. The Morgan fingerprint density at radius 3 is 1.68 bits per heavy atom. The Morgan fingerprint density at radius 2 is 1.25 bits per heavy atom. The van der Waals surface area contributed by atoms with Crippen LogP contribution in [0.25, 0.3) is 21.5 Å². The van der Waals surface area contributed by atoms with Crippen LogP contribution in [0.3, 0.4) is 0 Å². The molecular weight excluding hydrogens is 1040 g/mol. The van der Waals surface area contributed by atoms with Crippen molar-refractivity contribution in [2.75, 3.05) is 20.3 Å². The van der Waals surface area contributed by atoms with Crippen LogP contribution >= 0.6 is 0 Å². The molecule has 0 bridgehead atoms. The third-order valence-corrected chi connectivity index (χ3v) is 13.0. The van der Waals surface area contributed by atoms with E-state index in [1.54, 1.807) is 48.5 Å². The first kappa shape index (κ1) is 64.8. The number of carbonyl (C=O) groups excluding carboxylic acids is 4. The Morgan fingerprint density at radius 1 is 0.740 bits per heavy atom. The van der Waals surface area contributed by atoms with Gasteiger partial charge in [-0.15, -0.1) is 0 Å². The molecule has 1 saturated carbocycles. The second-order valence-electron chi connectivity index (χ2n) is 17.9. The van der Waals surface area contributed by atoms with E-state index < -0.39 is 140 Å². The van der Waals surface area contributed by atoms with E-state index in [1.165, 1.54) is 26.1 Å². The smallest absolute Gasteiger partial charge is 0.545 e. The van der Waals surface area contributed by atoms with Crippen molar-refractivity contribution in [2.45, 2.75) is 118 Å². The number of nitrogens with two attached hydrogens (primary N) is 3. The molecular formula is C48H59N7Na2O20.